The van der Waals surface area contributed by atoms with E-state index in [0.29, 0.717) is 18.8 Å². The Morgan fingerprint density at radius 1 is 1.03 bits per heavy atom. The number of amides is 2. The fraction of sp³-hybridized carbons (Fsp3) is 0.227. The summed E-state index contributed by atoms with van der Waals surface area (Å²) in [6.45, 7) is 3.09. The molecule has 1 fully saturated rings. The normalized spacial score (nSPS) is 14.0. The Morgan fingerprint density at radius 3 is 2.52 bits per heavy atom. The maximum Gasteiger partial charge on any atom is 0.248 e. The Morgan fingerprint density at radius 2 is 1.79 bits per heavy atom. The number of primary amides is 1. The van der Waals surface area contributed by atoms with Crippen molar-refractivity contribution in [2.45, 2.75) is 6.42 Å². The number of benzene rings is 2. The third-order valence-corrected chi connectivity index (χ3v) is 5.02. The highest BCUT2D eigenvalue weighted by Crippen LogP contribution is 2.32. The number of hydrogen-bond donors (Lipinski definition) is 2. The van der Waals surface area contributed by atoms with Crippen molar-refractivity contribution in [1.82, 2.24) is 4.98 Å². The maximum absolute atomic E-state index is 12.6. The number of carbonyl (C=O) groups excluding carboxylic acids is 2. The summed E-state index contributed by atoms with van der Waals surface area (Å²) >= 11 is 0. The summed E-state index contributed by atoms with van der Waals surface area (Å²) in [6.07, 6.45) is 3.74. The summed E-state index contributed by atoms with van der Waals surface area (Å²) < 4.78 is 5.45. The van der Waals surface area contributed by atoms with E-state index in [1.54, 1.807) is 36.7 Å². The van der Waals surface area contributed by atoms with Gasteiger partial charge < -0.3 is 20.7 Å². The number of hydrogen-bond acceptors (Lipinski definition) is 5. The van der Waals surface area contributed by atoms with E-state index in [1.807, 2.05) is 18.2 Å². The van der Waals surface area contributed by atoms with Crippen molar-refractivity contribution in [3.05, 3.63) is 66.0 Å². The lowest BCUT2D eigenvalue weighted by Gasteiger charge is -2.30. The molecule has 0 aliphatic carbocycles. The first-order valence-corrected chi connectivity index (χ1v) is 9.50. The number of nitrogens with one attached hydrogen (secondary N) is 1. The molecule has 1 aliphatic rings. The molecule has 7 nitrogen and oxygen atoms in total. The van der Waals surface area contributed by atoms with Crippen molar-refractivity contribution in [3.63, 3.8) is 0 Å². The summed E-state index contributed by atoms with van der Waals surface area (Å²) in [6, 6.07) is 12.6. The second kappa shape index (κ2) is 8.28. The highest BCUT2D eigenvalue weighted by molar-refractivity contribution is 6.06. The van der Waals surface area contributed by atoms with Gasteiger partial charge in [-0.3, -0.25) is 14.6 Å². The van der Waals surface area contributed by atoms with Gasteiger partial charge in [-0.1, -0.05) is 12.1 Å². The molecule has 2 amide bonds. The molecule has 2 heterocycles. The molecule has 29 heavy (non-hydrogen) atoms. The number of fused-ring (bicyclic) bond motifs is 1. The van der Waals surface area contributed by atoms with Gasteiger partial charge in [-0.15, -0.1) is 0 Å². The Labute approximate surface area is 168 Å². The quantitative estimate of drug-likeness (QED) is 0.697. The molecule has 148 valence electrons. The van der Waals surface area contributed by atoms with Crippen molar-refractivity contribution in [2.24, 2.45) is 5.73 Å². The predicted octanol–water partition coefficient (Wildman–Crippen LogP) is 2.35. The number of nitrogens with zero attached hydrogens (tertiary/aromatic N) is 2. The van der Waals surface area contributed by atoms with Gasteiger partial charge in [0.05, 0.1) is 25.3 Å². The van der Waals surface area contributed by atoms with Gasteiger partial charge in [0.1, 0.15) is 0 Å². The number of nitrogens with two attached hydrogens (primary N) is 1. The van der Waals surface area contributed by atoms with E-state index >= 15 is 0 Å². The predicted molar refractivity (Wildman–Crippen MR) is 112 cm³/mol. The second-order valence-corrected chi connectivity index (χ2v) is 6.94. The molecule has 3 aromatic rings. The van der Waals surface area contributed by atoms with E-state index in [1.165, 1.54) is 0 Å². The van der Waals surface area contributed by atoms with Gasteiger partial charge >= 0.3 is 0 Å². The molecular weight excluding hydrogens is 368 g/mol. The van der Waals surface area contributed by atoms with Crippen LogP contribution in [0.15, 0.2) is 54.9 Å². The van der Waals surface area contributed by atoms with Gasteiger partial charge in [-0.05, 0) is 35.9 Å². The monoisotopic (exact) mass is 390 g/mol. The molecule has 0 spiro atoms. The average Bonchev–Trinajstić information content (AvgIpc) is 2.75. The second-order valence-electron chi connectivity index (χ2n) is 6.94. The molecule has 0 atom stereocenters. The Kier molecular flexibility index (Phi) is 5.39. The number of aromatic nitrogens is 1. The van der Waals surface area contributed by atoms with Crippen LogP contribution in [-0.2, 0) is 16.0 Å². The minimum atomic E-state index is -0.486. The summed E-state index contributed by atoms with van der Waals surface area (Å²) in [7, 11) is 0. The van der Waals surface area contributed by atoms with Crippen molar-refractivity contribution in [1.29, 1.82) is 0 Å². The number of carbonyl (C=O) groups is 2. The SMILES string of the molecule is NC(=O)c1ccc(CC(=O)Nc2ccc(N3CCOCC3)c3ccncc23)cc1. The van der Waals surface area contributed by atoms with Crippen LogP contribution >= 0.6 is 0 Å². The van der Waals surface area contributed by atoms with Gasteiger partial charge in [-0.2, -0.15) is 0 Å². The first-order valence-electron chi connectivity index (χ1n) is 9.50. The molecule has 3 N–H and O–H groups in total. The van der Waals surface area contributed by atoms with E-state index in [-0.39, 0.29) is 12.3 Å². The molecule has 1 aliphatic heterocycles. The number of morpholine rings is 1. The van der Waals surface area contributed by atoms with Gasteiger partial charge in [-0.25, -0.2) is 0 Å². The first-order chi connectivity index (χ1) is 14.1. The van der Waals surface area contributed by atoms with Gasteiger partial charge in [0.25, 0.3) is 0 Å². The molecule has 7 heteroatoms. The number of anilines is 2. The zero-order valence-electron chi connectivity index (χ0n) is 15.9. The minimum Gasteiger partial charge on any atom is -0.378 e. The van der Waals surface area contributed by atoms with Crippen molar-refractivity contribution in [3.8, 4) is 0 Å². The van der Waals surface area contributed by atoms with Crippen LogP contribution in [0.5, 0.6) is 0 Å². The van der Waals surface area contributed by atoms with Crippen LogP contribution < -0.4 is 16.0 Å². The summed E-state index contributed by atoms with van der Waals surface area (Å²) in [5, 5.41) is 4.93. The molecule has 0 bridgehead atoms. The molecule has 0 saturated carbocycles. The maximum atomic E-state index is 12.6. The standard InChI is InChI=1S/C22H22N4O3/c23-22(28)16-3-1-15(2-4-16)13-21(27)25-19-5-6-20(26-9-11-29-12-10-26)17-7-8-24-14-18(17)19/h1-8,14H,9-13H2,(H2,23,28)(H,25,27). The van der Waals surface area contributed by atoms with Gasteiger partial charge in [0.15, 0.2) is 0 Å². The number of ether oxygens (including phenoxy) is 1. The highest BCUT2D eigenvalue weighted by Gasteiger charge is 2.16. The Bertz CT molecular complexity index is 1040. The fourth-order valence-corrected chi connectivity index (χ4v) is 3.53. The molecule has 4 rings (SSSR count). The molecule has 0 unspecified atom stereocenters. The van der Waals surface area contributed by atoms with Crippen LogP contribution in [0.3, 0.4) is 0 Å². The topological polar surface area (TPSA) is 97.5 Å². The minimum absolute atomic E-state index is 0.138. The highest BCUT2D eigenvalue weighted by atomic mass is 16.5. The fourth-order valence-electron chi connectivity index (χ4n) is 3.53. The van der Waals surface area contributed by atoms with E-state index in [4.69, 9.17) is 10.5 Å². The molecular formula is C22H22N4O3. The third-order valence-electron chi connectivity index (χ3n) is 5.02. The zero-order valence-corrected chi connectivity index (χ0v) is 15.9. The number of rotatable bonds is 5. The Balaban J connectivity index is 1.54. The van der Waals surface area contributed by atoms with Crippen molar-refractivity contribution in [2.75, 3.05) is 36.5 Å². The largest absolute Gasteiger partial charge is 0.378 e. The lowest BCUT2D eigenvalue weighted by atomic mass is 10.1. The van der Waals surface area contributed by atoms with Crippen LogP contribution in [-0.4, -0.2) is 43.1 Å². The first kappa shape index (κ1) is 18.9. The third kappa shape index (κ3) is 4.20. The smallest absolute Gasteiger partial charge is 0.248 e. The van der Waals surface area contributed by atoms with Crippen LogP contribution in [0.4, 0.5) is 11.4 Å². The summed E-state index contributed by atoms with van der Waals surface area (Å²) in [5.74, 6) is -0.624. The lowest BCUT2D eigenvalue weighted by Crippen LogP contribution is -2.36. The summed E-state index contributed by atoms with van der Waals surface area (Å²) in [5.41, 5.74) is 8.32. The van der Waals surface area contributed by atoms with Crippen LogP contribution in [0.2, 0.25) is 0 Å². The van der Waals surface area contributed by atoms with E-state index in [9.17, 15) is 9.59 Å². The molecule has 2 aromatic carbocycles. The van der Waals surface area contributed by atoms with Crippen LogP contribution in [0.1, 0.15) is 15.9 Å². The molecule has 1 saturated heterocycles. The van der Waals surface area contributed by atoms with Gasteiger partial charge in [0, 0.05) is 47.5 Å². The summed E-state index contributed by atoms with van der Waals surface area (Å²) in [4.78, 5) is 30.3. The number of pyridine rings is 1. The molecule has 0 radical (unpaired) electrons. The van der Waals surface area contributed by atoms with Gasteiger partial charge in [0.2, 0.25) is 11.8 Å². The average molecular weight is 390 g/mol. The van der Waals surface area contributed by atoms with Crippen molar-refractivity contribution >= 4 is 34.0 Å². The van der Waals surface area contributed by atoms with E-state index < -0.39 is 5.91 Å². The Hall–Kier alpha value is -3.45. The van der Waals surface area contributed by atoms with E-state index in [0.717, 1.165) is 40.8 Å². The lowest BCUT2D eigenvalue weighted by molar-refractivity contribution is -0.115. The zero-order chi connectivity index (χ0) is 20.2. The van der Waals surface area contributed by atoms with E-state index in [2.05, 4.69) is 15.2 Å². The van der Waals surface area contributed by atoms with Crippen molar-refractivity contribution < 1.29 is 14.3 Å². The molecule has 1 aromatic heterocycles. The van der Waals surface area contributed by atoms with Crippen LogP contribution in [0.25, 0.3) is 10.8 Å². The van der Waals surface area contributed by atoms with Crippen LogP contribution in [0, 0.1) is 0 Å².